The van der Waals surface area contributed by atoms with Crippen molar-refractivity contribution >= 4 is 5.97 Å². The van der Waals surface area contributed by atoms with Crippen LogP contribution in [0.15, 0.2) is 18.4 Å². The number of carbonyl (C=O) groups excluding carboxylic acids is 1. The number of ether oxygens (including phenoxy) is 1. The molecule has 0 radical (unpaired) electrons. The number of hydrogen-bond donors (Lipinski definition) is 0. The van der Waals surface area contributed by atoms with Gasteiger partial charge in [-0.3, -0.25) is 4.79 Å². The molecule has 0 aliphatic heterocycles. The monoisotopic (exact) mass is 296 g/mol. The Labute approximate surface area is 132 Å². The van der Waals surface area contributed by atoms with Crippen molar-refractivity contribution in [1.82, 2.24) is 0 Å². The van der Waals surface area contributed by atoms with Crippen LogP contribution in [-0.2, 0) is 9.53 Å². The quantitative estimate of drug-likeness (QED) is 0.454. The van der Waals surface area contributed by atoms with Crippen LogP contribution in [0, 0.1) is 51.8 Å². The van der Waals surface area contributed by atoms with Crippen LogP contribution < -0.4 is 0 Å². The van der Waals surface area contributed by atoms with Gasteiger partial charge in [0.25, 0.3) is 0 Å². The molecule has 114 valence electrons. The van der Waals surface area contributed by atoms with Crippen LogP contribution in [0.2, 0.25) is 0 Å². The van der Waals surface area contributed by atoms with Gasteiger partial charge in [0.15, 0.2) is 12.0 Å². The van der Waals surface area contributed by atoms with Crippen molar-refractivity contribution in [3.05, 3.63) is 18.4 Å². The number of nitriles is 2. The van der Waals surface area contributed by atoms with Gasteiger partial charge in [-0.2, -0.15) is 10.5 Å². The fraction of sp³-hybridized carbons (Fsp3) is 0.556. The summed E-state index contributed by atoms with van der Waals surface area (Å²) in [6, 6.07) is 4.37. The topological polar surface area (TPSA) is 73.9 Å². The predicted molar refractivity (Wildman–Crippen MR) is 81.8 cm³/mol. The van der Waals surface area contributed by atoms with Crippen molar-refractivity contribution < 1.29 is 9.53 Å². The second kappa shape index (κ2) is 8.74. The van der Waals surface area contributed by atoms with E-state index in [4.69, 9.17) is 4.74 Å². The van der Waals surface area contributed by atoms with Gasteiger partial charge in [0, 0.05) is 13.3 Å². The highest BCUT2D eigenvalue weighted by atomic mass is 16.5. The Morgan fingerprint density at radius 1 is 1.32 bits per heavy atom. The van der Waals surface area contributed by atoms with Crippen LogP contribution in [0.5, 0.6) is 0 Å². The van der Waals surface area contributed by atoms with E-state index in [1.807, 2.05) is 6.08 Å². The molecule has 1 fully saturated rings. The summed E-state index contributed by atoms with van der Waals surface area (Å²) >= 11 is 0. The Kier molecular flexibility index (Phi) is 6.98. The van der Waals surface area contributed by atoms with E-state index in [1.54, 1.807) is 0 Å². The second-order valence-corrected chi connectivity index (χ2v) is 5.43. The second-order valence-electron chi connectivity index (χ2n) is 5.43. The highest BCUT2D eigenvalue weighted by Crippen LogP contribution is 2.44. The molecule has 4 nitrogen and oxygen atoms in total. The number of carbonyl (C=O) groups is 1. The average molecular weight is 296 g/mol. The van der Waals surface area contributed by atoms with E-state index in [1.165, 1.54) is 6.92 Å². The van der Waals surface area contributed by atoms with E-state index in [9.17, 15) is 15.3 Å². The molecule has 0 aromatic carbocycles. The Morgan fingerprint density at radius 3 is 2.59 bits per heavy atom. The summed E-state index contributed by atoms with van der Waals surface area (Å²) in [4.78, 5) is 10.7. The molecule has 0 saturated heterocycles. The minimum atomic E-state index is -1.14. The molecule has 0 amide bonds. The lowest BCUT2D eigenvalue weighted by molar-refractivity contribution is -0.139. The molecule has 22 heavy (non-hydrogen) atoms. The van der Waals surface area contributed by atoms with Gasteiger partial charge in [0.1, 0.15) is 0 Å². The highest BCUT2D eigenvalue weighted by molar-refractivity contribution is 5.66. The number of allylic oxidation sites excluding steroid dienone is 1. The fourth-order valence-corrected chi connectivity index (χ4v) is 2.91. The molecule has 1 saturated carbocycles. The number of rotatable bonds is 4. The van der Waals surface area contributed by atoms with Crippen molar-refractivity contribution in [2.45, 2.75) is 39.0 Å². The Balaban J connectivity index is 2.90. The predicted octanol–water partition coefficient (Wildman–Crippen LogP) is 3.12. The third-order valence-corrected chi connectivity index (χ3v) is 4.02. The van der Waals surface area contributed by atoms with Crippen LogP contribution in [0.25, 0.3) is 0 Å². The molecule has 1 aliphatic rings. The van der Waals surface area contributed by atoms with Crippen molar-refractivity contribution in [3.63, 3.8) is 0 Å². The van der Waals surface area contributed by atoms with Crippen LogP contribution in [-0.4, -0.2) is 12.6 Å². The third-order valence-electron chi connectivity index (χ3n) is 4.02. The van der Waals surface area contributed by atoms with Gasteiger partial charge in [-0.15, -0.1) is 5.73 Å². The summed E-state index contributed by atoms with van der Waals surface area (Å²) < 4.78 is 4.73. The zero-order valence-electron chi connectivity index (χ0n) is 12.9. The molecule has 4 heteroatoms. The van der Waals surface area contributed by atoms with Gasteiger partial charge in [-0.05, 0) is 30.8 Å². The van der Waals surface area contributed by atoms with E-state index in [-0.39, 0.29) is 24.9 Å². The van der Waals surface area contributed by atoms with Gasteiger partial charge in [0.2, 0.25) is 0 Å². The van der Waals surface area contributed by atoms with Crippen LogP contribution in [0.3, 0.4) is 0 Å². The fourth-order valence-electron chi connectivity index (χ4n) is 2.91. The number of hydrogen-bond acceptors (Lipinski definition) is 4. The van der Waals surface area contributed by atoms with E-state index >= 15 is 0 Å². The van der Waals surface area contributed by atoms with E-state index in [0.717, 1.165) is 25.7 Å². The number of esters is 1. The summed E-state index contributed by atoms with van der Waals surface area (Å²) in [5.41, 5.74) is 1.65. The maximum Gasteiger partial charge on any atom is 0.303 e. The van der Waals surface area contributed by atoms with Crippen molar-refractivity contribution in [2.75, 3.05) is 6.61 Å². The van der Waals surface area contributed by atoms with Gasteiger partial charge in [-0.25, -0.2) is 0 Å². The van der Waals surface area contributed by atoms with Crippen LogP contribution in [0.4, 0.5) is 0 Å². The van der Waals surface area contributed by atoms with Gasteiger partial charge in [-0.1, -0.05) is 31.3 Å². The minimum absolute atomic E-state index is 0.0110. The summed E-state index contributed by atoms with van der Waals surface area (Å²) in [5.74, 6) is 5.19. The maximum atomic E-state index is 10.7. The third kappa shape index (κ3) is 4.53. The molecule has 0 spiro atoms. The molecule has 1 unspecified atom stereocenters. The van der Waals surface area contributed by atoms with Crippen LogP contribution in [0.1, 0.15) is 39.0 Å². The van der Waals surface area contributed by atoms with Gasteiger partial charge in [0.05, 0.1) is 12.1 Å². The zero-order chi connectivity index (χ0) is 16.4. The Bertz CT molecular complexity index is 577. The van der Waals surface area contributed by atoms with Crippen molar-refractivity contribution in [2.24, 2.45) is 17.3 Å². The van der Waals surface area contributed by atoms with Crippen LogP contribution >= 0.6 is 0 Å². The summed E-state index contributed by atoms with van der Waals surface area (Å²) in [5, 5.41) is 19.2. The maximum absolute atomic E-state index is 10.7. The zero-order valence-corrected chi connectivity index (χ0v) is 12.9. The van der Waals surface area contributed by atoms with E-state index < -0.39 is 11.4 Å². The molecule has 1 rings (SSSR count). The van der Waals surface area contributed by atoms with E-state index in [0.29, 0.717) is 0 Å². The minimum Gasteiger partial charge on any atom is -0.453 e. The molecule has 1 aliphatic carbocycles. The van der Waals surface area contributed by atoms with Crippen molar-refractivity contribution in [3.8, 4) is 24.0 Å². The van der Waals surface area contributed by atoms with E-state index in [2.05, 4.69) is 36.3 Å². The lowest BCUT2D eigenvalue weighted by Gasteiger charge is -2.36. The molecule has 0 N–H and O–H groups in total. The molecule has 0 aromatic heterocycles. The highest BCUT2D eigenvalue weighted by Gasteiger charge is 2.43. The average Bonchev–Trinajstić information content (AvgIpc) is 2.52. The molecule has 0 bridgehead atoms. The van der Waals surface area contributed by atoms with Crippen molar-refractivity contribution in [1.29, 1.82) is 10.5 Å². The molecular formula is C18H20N2O2. The number of nitrogens with zero attached hydrogens (tertiary/aromatic N) is 2. The standard InChI is InChI=1S/C18H20N2O2/c1-3-8-16-9-4-5-10-17(16)18(13-19,14-20)11-6-7-12-22-15(2)21/h8,16-17H,1,4-5,9-12H2,2H3/t16-,17?/m1/s1. The molecule has 0 heterocycles. The van der Waals surface area contributed by atoms with Gasteiger partial charge < -0.3 is 4.74 Å². The first-order valence-electron chi connectivity index (χ1n) is 7.37. The SMILES string of the molecule is C=C=C[C@@H]1CCCCC1C(C#N)(C#N)CC#CCOC(C)=O. The first-order chi connectivity index (χ1) is 10.6. The Hall–Kier alpha value is -2.47. The molecule has 2 atom stereocenters. The molecular weight excluding hydrogens is 276 g/mol. The lowest BCUT2D eigenvalue weighted by Crippen LogP contribution is -2.34. The summed E-state index contributed by atoms with van der Waals surface area (Å²) in [6.07, 6.45) is 5.91. The van der Waals surface area contributed by atoms with Gasteiger partial charge >= 0.3 is 5.97 Å². The summed E-state index contributed by atoms with van der Waals surface area (Å²) in [7, 11) is 0. The summed E-state index contributed by atoms with van der Waals surface area (Å²) in [6.45, 7) is 4.90. The largest absolute Gasteiger partial charge is 0.453 e. The smallest absolute Gasteiger partial charge is 0.303 e. The first-order valence-corrected chi connectivity index (χ1v) is 7.37. The first kappa shape index (κ1) is 17.6. The molecule has 0 aromatic rings. The lowest BCUT2D eigenvalue weighted by atomic mass is 9.63. The Morgan fingerprint density at radius 2 is 2.00 bits per heavy atom. The normalized spacial score (nSPS) is 20.3.